The minimum absolute atomic E-state index is 0.272. The van der Waals surface area contributed by atoms with Crippen molar-refractivity contribution >= 4 is 15.9 Å². The molecule has 2 nitrogen and oxygen atoms in total. The maximum absolute atomic E-state index is 8.84. The van der Waals surface area contributed by atoms with E-state index in [1.165, 1.54) is 0 Å². The van der Waals surface area contributed by atoms with Crippen molar-refractivity contribution in [1.29, 1.82) is 5.26 Å². The van der Waals surface area contributed by atoms with Crippen LogP contribution in [0.2, 0.25) is 0 Å². The number of nitrogens with zero attached hydrogens (tertiary/aromatic N) is 1. The van der Waals surface area contributed by atoms with Crippen LogP contribution in [-0.4, -0.2) is 0 Å². The second kappa shape index (κ2) is 3.80. The normalized spacial score (nSPS) is 19.8. The van der Waals surface area contributed by atoms with Crippen molar-refractivity contribution in [1.82, 2.24) is 0 Å². The van der Waals surface area contributed by atoms with Crippen LogP contribution in [0.5, 0.6) is 0 Å². The van der Waals surface area contributed by atoms with Gasteiger partial charge in [-0.3, -0.25) is 0 Å². The third kappa shape index (κ3) is 2.46. The lowest BCUT2D eigenvalue weighted by Gasteiger charge is -2.02. The summed E-state index contributed by atoms with van der Waals surface area (Å²) in [6.07, 6.45) is 7.22. The standard InChI is InChI=1S/C10H11BrN2/c1-8(3-2-4-9(11)13)10(7-12)5-6-10/h2-4H,1,5-6,13H2/b3-2-,9-4-. The molecule has 0 aromatic heterocycles. The molecule has 0 spiro atoms. The van der Waals surface area contributed by atoms with E-state index in [4.69, 9.17) is 11.0 Å². The lowest BCUT2D eigenvalue weighted by atomic mass is 9.99. The largest absolute Gasteiger partial charge is 0.393 e. The second-order valence-corrected chi connectivity index (χ2v) is 4.05. The van der Waals surface area contributed by atoms with Crippen LogP contribution in [-0.2, 0) is 0 Å². The van der Waals surface area contributed by atoms with Gasteiger partial charge in [-0.05, 0) is 40.4 Å². The topological polar surface area (TPSA) is 49.8 Å². The van der Waals surface area contributed by atoms with Crippen LogP contribution in [0, 0.1) is 16.7 Å². The van der Waals surface area contributed by atoms with Gasteiger partial charge in [0.2, 0.25) is 0 Å². The lowest BCUT2D eigenvalue weighted by Crippen LogP contribution is -1.96. The lowest BCUT2D eigenvalue weighted by molar-refractivity contribution is 0.833. The molecule has 1 aliphatic carbocycles. The summed E-state index contributed by atoms with van der Waals surface area (Å²) in [5, 5.41) is 8.84. The zero-order chi connectivity index (χ0) is 9.90. The van der Waals surface area contributed by atoms with Crippen molar-refractivity contribution in [2.75, 3.05) is 0 Å². The Hall–Kier alpha value is -1.01. The SMILES string of the molecule is C=C(/C=C\C=C(/N)Br)C1(C#N)CC1. The molecule has 68 valence electrons. The number of hydrogen-bond donors (Lipinski definition) is 1. The van der Waals surface area contributed by atoms with Gasteiger partial charge >= 0.3 is 0 Å². The summed E-state index contributed by atoms with van der Waals surface area (Å²) in [6.45, 7) is 3.86. The molecular formula is C10H11BrN2. The Labute approximate surface area is 86.5 Å². The average Bonchev–Trinajstić information content (AvgIpc) is 2.83. The van der Waals surface area contributed by atoms with E-state index in [-0.39, 0.29) is 5.41 Å². The molecule has 1 aliphatic rings. The van der Waals surface area contributed by atoms with E-state index in [9.17, 15) is 0 Å². The number of nitriles is 1. The minimum atomic E-state index is -0.272. The first-order valence-corrected chi connectivity index (χ1v) is 4.80. The number of halogens is 1. The molecule has 0 unspecified atom stereocenters. The maximum atomic E-state index is 8.84. The fourth-order valence-corrected chi connectivity index (χ4v) is 1.20. The molecule has 0 aromatic rings. The Morgan fingerprint density at radius 2 is 2.23 bits per heavy atom. The fraction of sp³-hybridized carbons (Fsp3) is 0.300. The molecule has 0 saturated heterocycles. The second-order valence-electron chi connectivity index (χ2n) is 3.13. The summed E-state index contributed by atoms with van der Waals surface area (Å²) in [5.74, 6) is 0. The predicted molar refractivity (Wildman–Crippen MR) is 56.8 cm³/mol. The van der Waals surface area contributed by atoms with Gasteiger partial charge in [0, 0.05) is 0 Å². The molecule has 0 bridgehead atoms. The summed E-state index contributed by atoms with van der Waals surface area (Å²) < 4.78 is 0.568. The Bertz CT molecular complexity index is 312. The summed E-state index contributed by atoms with van der Waals surface area (Å²) in [5.41, 5.74) is 5.97. The third-order valence-corrected chi connectivity index (χ3v) is 2.40. The molecule has 3 heteroatoms. The number of rotatable bonds is 3. The van der Waals surface area contributed by atoms with Gasteiger partial charge in [-0.1, -0.05) is 18.7 Å². The molecule has 0 heterocycles. The minimum Gasteiger partial charge on any atom is -0.393 e. The van der Waals surface area contributed by atoms with Crippen LogP contribution in [0.1, 0.15) is 12.8 Å². The molecule has 0 aromatic carbocycles. The van der Waals surface area contributed by atoms with Gasteiger partial charge in [0.15, 0.2) is 0 Å². The van der Waals surface area contributed by atoms with E-state index < -0.39 is 0 Å². The first kappa shape index (κ1) is 10.1. The maximum Gasteiger partial charge on any atom is 0.0818 e. The van der Waals surface area contributed by atoms with E-state index in [1.807, 2.05) is 6.08 Å². The molecule has 0 atom stereocenters. The van der Waals surface area contributed by atoms with E-state index in [2.05, 4.69) is 28.6 Å². The first-order chi connectivity index (χ1) is 6.10. The number of allylic oxidation sites excluding steroid dienone is 4. The van der Waals surface area contributed by atoms with Crippen LogP contribution in [0.4, 0.5) is 0 Å². The van der Waals surface area contributed by atoms with Gasteiger partial charge in [-0.2, -0.15) is 5.26 Å². The summed E-state index contributed by atoms with van der Waals surface area (Å²) in [6, 6.07) is 2.28. The summed E-state index contributed by atoms with van der Waals surface area (Å²) in [7, 11) is 0. The van der Waals surface area contributed by atoms with E-state index >= 15 is 0 Å². The summed E-state index contributed by atoms with van der Waals surface area (Å²) >= 11 is 3.10. The van der Waals surface area contributed by atoms with Crippen LogP contribution >= 0.6 is 15.9 Å². The van der Waals surface area contributed by atoms with Crippen molar-refractivity contribution < 1.29 is 0 Å². The average molecular weight is 239 g/mol. The Morgan fingerprint density at radius 1 is 1.62 bits per heavy atom. The van der Waals surface area contributed by atoms with Gasteiger partial charge < -0.3 is 5.73 Å². The highest BCUT2D eigenvalue weighted by molar-refractivity contribution is 9.11. The Morgan fingerprint density at radius 3 is 2.62 bits per heavy atom. The van der Waals surface area contributed by atoms with Crippen LogP contribution in [0.3, 0.4) is 0 Å². The predicted octanol–water partition coefficient (Wildman–Crippen LogP) is 2.60. The first-order valence-electron chi connectivity index (χ1n) is 4.01. The van der Waals surface area contributed by atoms with E-state index in [0.717, 1.165) is 18.4 Å². The van der Waals surface area contributed by atoms with Crippen molar-refractivity contribution in [2.24, 2.45) is 11.1 Å². The summed E-state index contributed by atoms with van der Waals surface area (Å²) in [4.78, 5) is 0. The molecule has 0 aliphatic heterocycles. The van der Waals surface area contributed by atoms with Crippen molar-refractivity contribution in [3.05, 3.63) is 35.0 Å². The quantitative estimate of drug-likeness (QED) is 0.607. The fourth-order valence-electron chi connectivity index (χ4n) is 1.05. The molecule has 0 amide bonds. The molecule has 13 heavy (non-hydrogen) atoms. The monoisotopic (exact) mass is 238 g/mol. The van der Waals surface area contributed by atoms with Gasteiger partial charge in [-0.25, -0.2) is 0 Å². The van der Waals surface area contributed by atoms with Gasteiger partial charge in [0.1, 0.15) is 0 Å². The van der Waals surface area contributed by atoms with Gasteiger partial charge in [0.05, 0.1) is 16.1 Å². The molecule has 1 saturated carbocycles. The van der Waals surface area contributed by atoms with Crippen molar-refractivity contribution in [3.8, 4) is 6.07 Å². The van der Waals surface area contributed by atoms with Crippen LogP contribution < -0.4 is 5.73 Å². The Kier molecular flexibility index (Phi) is 2.94. The smallest absolute Gasteiger partial charge is 0.0818 e. The highest BCUT2D eigenvalue weighted by atomic mass is 79.9. The highest BCUT2D eigenvalue weighted by Crippen LogP contribution is 2.50. The van der Waals surface area contributed by atoms with Crippen LogP contribution in [0.15, 0.2) is 35.0 Å². The van der Waals surface area contributed by atoms with E-state index in [0.29, 0.717) is 4.61 Å². The number of hydrogen-bond acceptors (Lipinski definition) is 2. The number of nitrogens with two attached hydrogens (primary N) is 1. The Balaban J connectivity index is 2.57. The molecule has 1 rings (SSSR count). The van der Waals surface area contributed by atoms with Crippen LogP contribution in [0.25, 0.3) is 0 Å². The molecule has 2 N–H and O–H groups in total. The van der Waals surface area contributed by atoms with Gasteiger partial charge in [0.25, 0.3) is 0 Å². The van der Waals surface area contributed by atoms with Gasteiger partial charge in [-0.15, -0.1) is 0 Å². The molecular weight excluding hydrogens is 228 g/mol. The zero-order valence-corrected chi connectivity index (χ0v) is 8.84. The highest BCUT2D eigenvalue weighted by Gasteiger charge is 2.44. The van der Waals surface area contributed by atoms with Crippen molar-refractivity contribution in [2.45, 2.75) is 12.8 Å². The molecule has 1 fully saturated rings. The third-order valence-electron chi connectivity index (χ3n) is 2.13. The van der Waals surface area contributed by atoms with E-state index in [1.54, 1.807) is 12.2 Å². The van der Waals surface area contributed by atoms with Crippen molar-refractivity contribution in [3.63, 3.8) is 0 Å². The zero-order valence-electron chi connectivity index (χ0n) is 7.26. The molecule has 0 radical (unpaired) electrons.